The lowest BCUT2D eigenvalue weighted by molar-refractivity contribution is -0.129. The van der Waals surface area contributed by atoms with E-state index < -0.39 is 12.1 Å². The molecule has 0 heterocycles. The normalized spacial score (nSPS) is 11.8. The van der Waals surface area contributed by atoms with Crippen LogP contribution in [0.5, 0.6) is 11.5 Å². The number of rotatable bonds is 7. The minimum Gasteiger partial charge on any atom is -0.492 e. The summed E-state index contributed by atoms with van der Waals surface area (Å²) in [4.78, 5) is 24.0. The van der Waals surface area contributed by atoms with E-state index in [0.717, 1.165) is 0 Å². The highest BCUT2D eigenvalue weighted by Crippen LogP contribution is 2.36. The van der Waals surface area contributed by atoms with Crippen LogP contribution in [0.1, 0.15) is 38.1 Å². The van der Waals surface area contributed by atoms with Crippen molar-refractivity contribution in [3.05, 3.63) is 22.2 Å². The Bertz CT molecular complexity index is 574. The molecule has 1 amide bonds. The average Bonchev–Trinajstić information content (AvgIpc) is 2.46. The zero-order valence-electron chi connectivity index (χ0n) is 13.9. The molecule has 23 heavy (non-hydrogen) atoms. The number of hydrogen-bond donors (Lipinski definition) is 1. The fourth-order valence-electron chi connectivity index (χ4n) is 1.83. The molecule has 0 aliphatic heterocycles. The number of amides is 1. The third kappa shape index (κ3) is 5.42. The van der Waals surface area contributed by atoms with Crippen molar-refractivity contribution in [2.45, 2.75) is 39.8 Å². The van der Waals surface area contributed by atoms with Crippen LogP contribution < -0.4 is 14.8 Å². The third-order valence-corrected chi connectivity index (χ3v) is 3.42. The number of ether oxygens (including phenoxy) is 3. The van der Waals surface area contributed by atoms with Crippen LogP contribution in [0, 0.1) is 0 Å². The van der Waals surface area contributed by atoms with E-state index in [1.54, 1.807) is 6.07 Å². The quantitative estimate of drug-likeness (QED) is 0.728. The Kier molecular flexibility index (Phi) is 7.35. The van der Waals surface area contributed by atoms with Gasteiger partial charge in [0.1, 0.15) is 0 Å². The molecule has 0 radical (unpaired) electrons. The standard InChI is InChI=1S/C16H22BrNO5/c1-6-22-13-8-11(7-12(17)14(13)21-5)16(20)23-10(4)15(19)18-9(2)3/h7-10H,6H2,1-5H3,(H,18,19)/t10-/m1/s1. The molecule has 0 bridgehead atoms. The van der Waals surface area contributed by atoms with Crippen LogP contribution in [-0.2, 0) is 9.53 Å². The zero-order valence-corrected chi connectivity index (χ0v) is 15.5. The van der Waals surface area contributed by atoms with Gasteiger partial charge in [0.05, 0.1) is 23.8 Å². The first kappa shape index (κ1) is 19.3. The molecule has 1 atom stereocenters. The van der Waals surface area contributed by atoms with Gasteiger partial charge >= 0.3 is 5.97 Å². The number of hydrogen-bond acceptors (Lipinski definition) is 5. The lowest BCUT2D eigenvalue weighted by atomic mass is 10.2. The van der Waals surface area contributed by atoms with E-state index in [-0.39, 0.29) is 17.5 Å². The fraction of sp³-hybridized carbons (Fsp3) is 0.500. The van der Waals surface area contributed by atoms with Gasteiger partial charge in [-0.2, -0.15) is 0 Å². The van der Waals surface area contributed by atoms with Crippen molar-refractivity contribution in [2.24, 2.45) is 0 Å². The SMILES string of the molecule is CCOc1cc(C(=O)O[C@H](C)C(=O)NC(C)C)cc(Br)c1OC. The topological polar surface area (TPSA) is 73.9 Å². The van der Waals surface area contributed by atoms with Crippen molar-refractivity contribution in [2.75, 3.05) is 13.7 Å². The van der Waals surface area contributed by atoms with Crippen molar-refractivity contribution in [1.82, 2.24) is 5.32 Å². The lowest BCUT2D eigenvalue weighted by Gasteiger charge is -2.16. The number of methoxy groups -OCH3 is 1. The number of carbonyl (C=O) groups excluding carboxylic acids is 2. The van der Waals surface area contributed by atoms with Gasteiger partial charge < -0.3 is 19.5 Å². The average molecular weight is 388 g/mol. The van der Waals surface area contributed by atoms with E-state index in [2.05, 4.69) is 21.2 Å². The predicted molar refractivity (Wildman–Crippen MR) is 90.0 cm³/mol. The predicted octanol–water partition coefficient (Wildman–Crippen LogP) is 2.93. The molecule has 1 rings (SSSR count). The highest BCUT2D eigenvalue weighted by atomic mass is 79.9. The van der Waals surface area contributed by atoms with Crippen LogP contribution in [-0.4, -0.2) is 37.7 Å². The van der Waals surface area contributed by atoms with E-state index in [1.807, 2.05) is 20.8 Å². The summed E-state index contributed by atoms with van der Waals surface area (Å²) >= 11 is 3.33. The van der Waals surface area contributed by atoms with Crippen molar-refractivity contribution < 1.29 is 23.8 Å². The monoisotopic (exact) mass is 387 g/mol. The lowest BCUT2D eigenvalue weighted by Crippen LogP contribution is -2.39. The Labute approximate surface area is 144 Å². The summed E-state index contributed by atoms with van der Waals surface area (Å²) in [5.74, 6) is -0.0312. The van der Waals surface area contributed by atoms with Crippen molar-refractivity contribution in [1.29, 1.82) is 0 Å². The van der Waals surface area contributed by atoms with Crippen LogP contribution >= 0.6 is 15.9 Å². The second-order valence-corrected chi connectivity index (χ2v) is 5.99. The molecular formula is C16H22BrNO5. The first-order valence-corrected chi connectivity index (χ1v) is 8.11. The molecule has 0 aromatic heterocycles. The van der Waals surface area contributed by atoms with Crippen LogP contribution in [0.15, 0.2) is 16.6 Å². The summed E-state index contributed by atoms with van der Waals surface area (Å²) in [6, 6.07) is 3.07. The van der Waals surface area contributed by atoms with Crippen molar-refractivity contribution in [3.63, 3.8) is 0 Å². The van der Waals surface area contributed by atoms with Crippen LogP contribution in [0.2, 0.25) is 0 Å². The van der Waals surface area contributed by atoms with E-state index >= 15 is 0 Å². The molecule has 1 N–H and O–H groups in total. The summed E-state index contributed by atoms with van der Waals surface area (Å²) in [5, 5.41) is 2.69. The van der Waals surface area contributed by atoms with Gasteiger partial charge in [0, 0.05) is 6.04 Å². The molecular weight excluding hydrogens is 366 g/mol. The highest BCUT2D eigenvalue weighted by Gasteiger charge is 2.21. The molecule has 6 nitrogen and oxygen atoms in total. The molecule has 0 spiro atoms. The number of carbonyl (C=O) groups is 2. The Morgan fingerprint density at radius 1 is 1.26 bits per heavy atom. The smallest absolute Gasteiger partial charge is 0.339 e. The van der Waals surface area contributed by atoms with Crippen LogP contribution in [0.25, 0.3) is 0 Å². The van der Waals surface area contributed by atoms with Crippen molar-refractivity contribution >= 4 is 27.8 Å². The maximum absolute atomic E-state index is 12.2. The minimum atomic E-state index is -0.888. The molecule has 0 aliphatic carbocycles. The Balaban J connectivity index is 2.93. The van der Waals surface area contributed by atoms with Crippen LogP contribution in [0.3, 0.4) is 0 Å². The first-order valence-electron chi connectivity index (χ1n) is 7.31. The van der Waals surface area contributed by atoms with Gasteiger partial charge in [0.15, 0.2) is 17.6 Å². The molecule has 0 fully saturated rings. The van der Waals surface area contributed by atoms with Gasteiger partial charge in [-0.3, -0.25) is 4.79 Å². The van der Waals surface area contributed by atoms with Gasteiger partial charge in [0.2, 0.25) is 0 Å². The number of halogens is 1. The first-order chi connectivity index (χ1) is 10.8. The van der Waals surface area contributed by atoms with Gasteiger partial charge in [-0.15, -0.1) is 0 Å². The van der Waals surface area contributed by atoms with Gasteiger partial charge in [0.25, 0.3) is 5.91 Å². The summed E-state index contributed by atoms with van der Waals surface area (Å²) in [6.07, 6.45) is -0.888. The molecule has 0 saturated heterocycles. The Morgan fingerprint density at radius 3 is 2.43 bits per heavy atom. The summed E-state index contributed by atoms with van der Waals surface area (Å²) in [5.41, 5.74) is 0.269. The van der Waals surface area contributed by atoms with E-state index in [0.29, 0.717) is 22.6 Å². The Morgan fingerprint density at radius 2 is 1.91 bits per heavy atom. The molecule has 0 aliphatic rings. The van der Waals surface area contributed by atoms with Gasteiger partial charge in [-0.05, 0) is 55.8 Å². The number of esters is 1. The van der Waals surface area contributed by atoms with Gasteiger partial charge in [-0.1, -0.05) is 0 Å². The second kappa shape index (κ2) is 8.76. The maximum atomic E-state index is 12.2. The minimum absolute atomic E-state index is 0.0247. The molecule has 1 aromatic carbocycles. The fourth-order valence-corrected chi connectivity index (χ4v) is 2.43. The van der Waals surface area contributed by atoms with Crippen molar-refractivity contribution in [3.8, 4) is 11.5 Å². The van der Waals surface area contributed by atoms with E-state index in [1.165, 1.54) is 20.1 Å². The Hall–Kier alpha value is -1.76. The summed E-state index contributed by atoms with van der Waals surface area (Å²) < 4.78 is 16.5. The number of benzene rings is 1. The molecule has 0 saturated carbocycles. The largest absolute Gasteiger partial charge is 0.492 e. The van der Waals surface area contributed by atoms with Gasteiger partial charge in [-0.25, -0.2) is 4.79 Å². The maximum Gasteiger partial charge on any atom is 0.339 e. The highest BCUT2D eigenvalue weighted by molar-refractivity contribution is 9.10. The molecule has 7 heteroatoms. The number of nitrogens with one attached hydrogen (secondary N) is 1. The van der Waals surface area contributed by atoms with E-state index in [9.17, 15) is 9.59 Å². The molecule has 0 unspecified atom stereocenters. The van der Waals surface area contributed by atoms with E-state index in [4.69, 9.17) is 14.2 Å². The third-order valence-electron chi connectivity index (χ3n) is 2.83. The summed E-state index contributed by atoms with van der Waals surface area (Å²) in [7, 11) is 1.51. The molecule has 1 aromatic rings. The second-order valence-electron chi connectivity index (χ2n) is 5.13. The summed E-state index contributed by atoms with van der Waals surface area (Å²) in [6.45, 7) is 7.45. The van der Waals surface area contributed by atoms with Crippen LogP contribution in [0.4, 0.5) is 0 Å². The molecule has 128 valence electrons. The zero-order chi connectivity index (χ0) is 17.6.